The van der Waals surface area contributed by atoms with Gasteiger partial charge < -0.3 is 10.2 Å². The van der Waals surface area contributed by atoms with E-state index in [4.69, 9.17) is 0 Å². The molecule has 0 aliphatic carbocycles. The zero-order valence-corrected chi connectivity index (χ0v) is 11.4. The smallest absolute Gasteiger partial charge is 0.146 e. The number of nitrogens with one attached hydrogen (secondary N) is 1. The molecule has 1 heterocycles. The van der Waals surface area contributed by atoms with Crippen molar-refractivity contribution in [3.8, 4) is 0 Å². The van der Waals surface area contributed by atoms with Gasteiger partial charge in [-0.3, -0.25) is 0 Å². The van der Waals surface area contributed by atoms with Crippen molar-refractivity contribution in [2.75, 3.05) is 19.0 Å². The van der Waals surface area contributed by atoms with Gasteiger partial charge in [-0.2, -0.15) is 11.3 Å². The molecule has 2 nitrogen and oxygen atoms in total. The van der Waals surface area contributed by atoms with Gasteiger partial charge in [-0.1, -0.05) is 6.07 Å². The van der Waals surface area contributed by atoms with E-state index in [2.05, 4.69) is 16.8 Å². The van der Waals surface area contributed by atoms with Crippen molar-refractivity contribution in [1.29, 1.82) is 0 Å². The summed E-state index contributed by atoms with van der Waals surface area (Å²) in [6.07, 6.45) is 0. The minimum Gasteiger partial charge on any atom is -0.368 e. The zero-order chi connectivity index (χ0) is 13.0. The molecule has 0 atom stereocenters. The molecule has 4 heteroatoms. The molecule has 0 aliphatic rings. The maximum absolute atomic E-state index is 14.0. The minimum atomic E-state index is -0.166. The third-order valence-electron chi connectivity index (χ3n) is 2.80. The molecule has 0 aliphatic heterocycles. The molecule has 2 rings (SSSR count). The van der Waals surface area contributed by atoms with Gasteiger partial charge in [0.05, 0.1) is 5.69 Å². The van der Waals surface area contributed by atoms with Crippen LogP contribution in [-0.4, -0.2) is 14.1 Å². The van der Waals surface area contributed by atoms with Crippen LogP contribution in [0.2, 0.25) is 0 Å². The fraction of sp³-hybridized carbons (Fsp3) is 0.286. The Morgan fingerprint density at radius 3 is 2.72 bits per heavy atom. The zero-order valence-electron chi connectivity index (χ0n) is 10.6. The Hall–Kier alpha value is -1.39. The number of halogens is 1. The van der Waals surface area contributed by atoms with Crippen molar-refractivity contribution in [1.82, 2.24) is 5.32 Å². The predicted octanol–water partition coefficient (Wildman–Crippen LogP) is 3.24. The Morgan fingerprint density at radius 2 is 2.11 bits per heavy atom. The van der Waals surface area contributed by atoms with Crippen LogP contribution in [0.5, 0.6) is 0 Å². The number of benzene rings is 1. The Balaban J connectivity index is 2.12. The lowest BCUT2D eigenvalue weighted by Crippen LogP contribution is -2.17. The molecule has 0 bridgehead atoms. The summed E-state index contributed by atoms with van der Waals surface area (Å²) in [6, 6.07) is 7.46. The van der Waals surface area contributed by atoms with Gasteiger partial charge in [-0.25, -0.2) is 4.39 Å². The summed E-state index contributed by atoms with van der Waals surface area (Å²) < 4.78 is 14.0. The van der Waals surface area contributed by atoms with E-state index in [1.807, 2.05) is 36.5 Å². The number of hydrogen-bond donors (Lipinski definition) is 1. The van der Waals surface area contributed by atoms with E-state index in [9.17, 15) is 4.39 Å². The Kier molecular flexibility index (Phi) is 4.33. The van der Waals surface area contributed by atoms with E-state index in [0.717, 1.165) is 12.1 Å². The second-order valence-corrected chi connectivity index (χ2v) is 5.08. The molecule has 1 N–H and O–H groups in total. The lowest BCUT2D eigenvalue weighted by atomic mass is 10.1. The van der Waals surface area contributed by atoms with Crippen molar-refractivity contribution < 1.29 is 4.39 Å². The molecule has 0 fully saturated rings. The summed E-state index contributed by atoms with van der Waals surface area (Å²) in [7, 11) is 3.77. The van der Waals surface area contributed by atoms with Crippen LogP contribution < -0.4 is 10.2 Å². The van der Waals surface area contributed by atoms with E-state index in [0.29, 0.717) is 12.2 Å². The van der Waals surface area contributed by atoms with Crippen LogP contribution >= 0.6 is 11.3 Å². The highest BCUT2D eigenvalue weighted by atomic mass is 32.1. The number of anilines is 1. The fourth-order valence-electron chi connectivity index (χ4n) is 1.92. The van der Waals surface area contributed by atoms with Gasteiger partial charge in [0.1, 0.15) is 5.82 Å². The van der Waals surface area contributed by atoms with Gasteiger partial charge >= 0.3 is 0 Å². The Labute approximate surface area is 111 Å². The number of hydrogen-bond acceptors (Lipinski definition) is 3. The molecule has 0 radical (unpaired) electrons. The van der Waals surface area contributed by atoms with Gasteiger partial charge in [0.25, 0.3) is 0 Å². The molecule has 0 saturated heterocycles. The molecule has 0 unspecified atom stereocenters. The first-order valence-electron chi connectivity index (χ1n) is 5.86. The van der Waals surface area contributed by atoms with Crippen molar-refractivity contribution >= 4 is 17.0 Å². The maximum atomic E-state index is 14.0. The molecule has 0 spiro atoms. The van der Waals surface area contributed by atoms with E-state index in [-0.39, 0.29) is 5.82 Å². The molecular formula is C14H17FN2S. The topological polar surface area (TPSA) is 15.3 Å². The first kappa shape index (κ1) is 13.1. The monoisotopic (exact) mass is 264 g/mol. The largest absolute Gasteiger partial charge is 0.368 e. The summed E-state index contributed by atoms with van der Waals surface area (Å²) in [5.74, 6) is -0.166. The number of thiophene rings is 1. The highest BCUT2D eigenvalue weighted by Crippen LogP contribution is 2.21. The fourth-order valence-corrected chi connectivity index (χ4v) is 2.58. The third kappa shape index (κ3) is 3.09. The minimum absolute atomic E-state index is 0.166. The highest BCUT2D eigenvalue weighted by Gasteiger charge is 2.09. The number of rotatable bonds is 5. The average Bonchev–Trinajstić information content (AvgIpc) is 2.82. The summed E-state index contributed by atoms with van der Waals surface area (Å²) >= 11 is 1.66. The maximum Gasteiger partial charge on any atom is 0.146 e. The quantitative estimate of drug-likeness (QED) is 0.892. The van der Waals surface area contributed by atoms with Crippen molar-refractivity contribution in [3.05, 3.63) is 52.0 Å². The SMILES string of the molecule is CNCc1ccc(N(C)Cc2ccsc2)c(F)c1. The van der Waals surface area contributed by atoms with Gasteiger partial charge in [0, 0.05) is 20.1 Å². The van der Waals surface area contributed by atoms with Crippen molar-refractivity contribution in [2.24, 2.45) is 0 Å². The lowest BCUT2D eigenvalue weighted by molar-refractivity contribution is 0.618. The summed E-state index contributed by atoms with van der Waals surface area (Å²) in [6.45, 7) is 1.41. The Morgan fingerprint density at radius 1 is 1.28 bits per heavy atom. The highest BCUT2D eigenvalue weighted by molar-refractivity contribution is 7.07. The van der Waals surface area contributed by atoms with E-state index in [1.54, 1.807) is 17.4 Å². The molecule has 18 heavy (non-hydrogen) atoms. The first-order chi connectivity index (χ1) is 8.70. The van der Waals surface area contributed by atoms with Crippen molar-refractivity contribution in [3.63, 3.8) is 0 Å². The van der Waals surface area contributed by atoms with Crippen LogP contribution in [0.3, 0.4) is 0 Å². The molecule has 96 valence electrons. The molecular weight excluding hydrogens is 247 g/mol. The normalized spacial score (nSPS) is 10.6. The predicted molar refractivity (Wildman–Crippen MR) is 75.6 cm³/mol. The van der Waals surface area contributed by atoms with Gasteiger partial charge in [-0.05, 0) is 47.1 Å². The summed E-state index contributed by atoms with van der Waals surface area (Å²) in [4.78, 5) is 1.93. The van der Waals surface area contributed by atoms with Crippen LogP contribution in [0, 0.1) is 5.82 Å². The van der Waals surface area contributed by atoms with Crippen LogP contribution in [-0.2, 0) is 13.1 Å². The molecule has 0 saturated carbocycles. The summed E-state index contributed by atoms with van der Waals surface area (Å²) in [5.41, 5.74) is 2.81. The molecule has 0 amide bonds. The second kappa shape index (κ2) is 5.98. The van der Waals surface area contributed by atoms with E-state index in [1.165, 1.54) is 5.56 Å². The summed E-state index contributed by atoms with van der Waals surface area (Å²) in [5, 5.41) is 7.14. The van der Waals surface area contributed by atoms with Gasteiger partial charge in [0.15, 0.2) is 0 Å². The van der Waals surface area contributed by atoms with E-state index < -0.39 is 0 Å². The van der Waals surface area contributed by atoms with Gasteiger partial charge in [-0.15, -0.1) is 0 Å². The van der Waals surface area contributed by atoms with E-state index >= 15 is 0 Å². The lowest BCUT2D eigenvalue weighted by Gasteiger charge is -2.19. The van der Waals surface area contributed by atoms with Gasteiger partial charge in [0.2, 0.25) is 0 Å². The van der Waals surface area contributed by atoms with Crippen LogP contribution in [0.25, 0.3) is 0 Å². The third-order valence-corrected chi connectivity index (χ3v) is 3.54. The van der Waals surface area contributed by atoms with Crippen LogP contribution in [0.1, 0.15) is 11.1 Å². The average molecular weight is 264 g/mol. The second-order valence-electron chi connectivity index (χ2n) is 4.30. The molecule has 2 aromatic rings. The molecule has 1 aromatic carbocycles. The molecule has 1 aromatic heterocycles. The standard InChI is InChI=1S/C14H17FN2S/c1-16-8-11-3-4-14(13(15)7-11)17(2)9-12-5-6-18-10-12/h3-7,10,16H,8-9H2,1-2H3. The van der Waals surface area contributed by atoms with Crippen LogP contribution in [0.15, 0.2) is 35.0 Å². The first-order valence-corrected chi connectivity index (χ1v) is 6.80. The Bertz CT molecular complexity index is 497. The van der Waals surface area contributed by atoms with Crippen LogP contribution in [0.4, 0.5) is 10.1 Å². The number of nitrogens with zero attached hydrogens (tertiary/aromatic N) is 1. The van der Waals surface area contributed by atoms with Crippen molar-refractivity contribution in [2.45, 2.75) is 13.1 Å².